The van der Waals surface area contributed by atoms with Crippen LogP contribution in [0.2, 0.25) is 0 Å². The van der Waals surface area contributed by atoms with E-state index in [9.17, 15) is 18.7 Å². The molecule has 0 heterocycles. The highest BCUT2D eigenvalue weighted by molar-refractivity contribution is 5.79. The van der Waals surface area contributed by atoms with Crippen molar-refractivity contribution < 1.29 is 23.4 Å². The van der Waals surface area contributed by atoms with Crippen LogP contribution in [0.15, 0.2) is 30.3 Å². The summed E-state index contributed by atoms with van der Waals surface area (Å²) >= 11 is 0. The number of carbonyl (C=O) groups is 1. The molecule has 3 nitrogen and oxygen atoms in total. The van der Waals surface area contributed by atoms with E-state index in [-0.39, 0.29) is 5.56 Å². The van der Waals surface area contributed by atoms with Gasteiger partial charge in [-0.15, -0.1) is 0 Å². The predicted octanol–water partition coefficient (Wildman–Crippen LogP) is 2.86. The summed E-state index contributed by atoms with van der Waals surface area (Å²) in [5.41, 5.74) is -1.81. The fraction of sp³-hybridized carbons (Fsp3) is 0.417. The molecule has 0 saturated carbocycles. The van der Waals surface area contributed by atoms with E-state index < -0.39 is 24.1 Å². The van der Waals surface area contributed by atoms with Gasteiger partial charge in [-0.05, 0) is 11.5 Å². The molecular weight excluding hydrogens is 230 g/mol. The van der Waals surface area contributed by atoms with Crippen molar-refractivity contribution in [1.29, 1.82) is 0 Å². The van der Waals surface area contributed by atoms with Gasteiger partial charge in [0, 0.05) is 0 Å². The Bertz CT molecular complexity index is 379. The van der Waals surface area contributed by atoms with Gasteiger partial charge in [-0.3, -0.25) is 4.74 Å². The summed E-state index contributed by atoms with van der Waals surface area (Å²) in [6.45, 7) is -0.0822. The third-order valence-electron chi connectivity index (χ3n) is 2.61. The molecule has 0 saturated heterocycles. The fourth-order valence-electron chi connectivity index (χ4n) is 1.78. The van der Waals surface area contributed by atoms with Crippen molar-refractivity contribution >= 4 is 5.97 Å². The zero-order valence-electron chi connectivity index (χ0n) is 9.56. The number of benzene rings is 1. The van der Waals surface area contributed by atoms with E-state index in [1.54, 1.807) is 18.2 Å². The summed E-state index contributed by atoms with van der Waals surface area (Å²) in [6, 6.07) is 7.79. The van der Waals surface area contributed by atoms with Crippen LogP contribution < -0.4 is 0 Å². The van der Waals surface area contributed by atoms with Crippen LogP contribution in [0.25, 0.3) is 0 Å². The molecule has 5 heteroatoms. The van der Waals surface area contributed by atoms with Crippen molar-refractivity contribution in [3.63, 3.8) is 0 Å². The third kappa shape index (κ3) is 2.61. The van der Waals surface area contributed by atoms with Gasteiger partial charge in [0.15, 0.2) is 5.60 Å². The molecule has 1 aromatic carbocycles. The number of rotatable bonds is 5. The third-order valence-corrected chi connectivity index (χ3v) is 2.61. The molecule has 0 radical (unpaired) electrons. The summed E-state index contributed by atoms with van der Waals surface area (Å²) in [5, 5.41) is 9.24. The molecule has 0 bridgehead atoms. The topological polar surface area (TPSA) is 46.5 Å². The molecule has 0 fully saturated rings. The minimum Gasteiger partial charge on any atom is -0.479 e. The zero-order chi connectivity index (χ0) is 13.1. The highest BCUT2D eigenvalue weighted by Crippen LogP contribution is 2.35. The lowest BCUT2D eigenvalue weighted by Crippen LogP contribution is -2.44. The molecule has 0 aliphatic heterocycles. The van der Waals surface area contributed by atoms with E-state index in [1.807, 2.05) is 0 Å². The number of halogens is 2. The summed E-state index contributed by atoms with van der Waals surface area (Å²) < 4.78 is 29.3. The molecule has 0 aliphatic carbocycles. The van der Waals surface area contributed by atoms with Gasteiger partial charge in [0.2, 0.25) is 0 Å². The Kier molecular flexibility index (Phi) is 4.17. The van der Waals surface area contributed by atoms with E-state index in [0.29, 0.717) is 0 Å². The molecule has 1 unspecified atom stereocenters. The standard InChI is InChI=1S/C12H14F2O3/c1-8(2)12(10(15)16,17-11(13)14)9-6-4-3-5-7-9/h3-8,11H,1-2H3,(H,15,16). The molecule has 1 rings (SSSR count). The van der Waals surface area contributed by atoms with Gasteiger partial charge in [-0.2, -0.15) is 8.78 Å². The summed E-state index contributed by atoms with van der Waals surface area (Å²) in [6.07, 6.45) is 0. The molecule has 17 heavy (non-hydrogen) atoms. The number of aliphatic carboxylic acids is 1. The molecule has 0 aliphatic rings. The first kappa shape index (κ1) is 13.6. The minimum absolute atomic E-state index is 0.211. The Morgan fingerprint density at radius 3 is 2.18 bits per heavy atom. The number of alkyl halides is 2. The van der Waals surface area contributed by atoms with Gasteiger partial charge in [0.25, 0.3) is 0 Å². The van der Waals surface area contributed by atoms with Gasteiger partial charge < -0.3 is 5.11 Å². The van der Waals surface area contributed by atoms with E-state index in [0.717, 1.165) is 0 Å². The first-order chi connectivity index (χ1) is 7.91. The number of carboxylic acids is 1. The molecule has 1 N–H and O–H groups in total. The summed E-state index contributed by atoms with van der Waals surface area (Å²) in [5.74, 6) is -2.05. The molecule has 0 aromatic heterocycles. The Balaban J connectivity index is 3.30. The molecule has 1 atom stereocenters. The molecule has 0 spiro atoms. The molecule has 94 valence electrons. The maximum absolute atomic E-state index is 12.5. The van der Waals surface area contributed by atoms with Gasteiger partial charge in [0.05, 0.1) is 0 Å². The lowest BCUT2D eigenvalue weighted by atomic mass is 9.83. The SMILES string of the molecule is CC(C)C(OC(F)F)(C(=O)O)c1ccccc1. The first-order valence-electron chi connectivity index (χ1n) is 5.16. The van der Waals surface area contributed by atoms with Crippen LogP contribution in [-0.2, 0) is 15.1 Å². The van der Waals surface area contributed by atoms with Crippen molar-refractivity contribution in [2.45, 2.75) is 26.1 Å². The van der Waals surface area contributed by atoms with Crippen LogP contribution in [0.5, 0.6) is 0 Å². The van der Waals surface area contributed by atoms with Gasteiger partial charge in [-0.25, -0.2) is 4.79 Å². The predicted molar refractivity (Wildman–Crippen MR) is 57.7 cm³/mol. The second-order valence-electron chi connectivity index (χ2n) is 3.94. The van der Waals surface area contributed by atoms with Crippen LogP contribution in [0.1, 0.15) is 19.4 Å². The van der Waals surface area contributed by atoms with E-state index in [4.69, 9.17) is 0 Å². The molecule has 0 amide bonds. The quantitative estimate of drug-likeness (QED) is 0.866. The number of ether oxygens (including phenoxy) is 1. The lowest BCUT2D eigenvalue weighted by molar-refractivity contribution is -0.237. The summed E-state index contributed by atoms with van der Waals surface area (Å²) in [4.78, 5) is 11.3. The highest BCUT2D eigenvalue weighted by Gasteiger charge is 2.47. The van der Waals surface area contributed by atoms with Crippen LogP contribution >= 0.6 is 0 Å². The molecular formula is C12H14F2O3. The first-order valence-corrected chi connectivity index (χ1v) is 5.16. The maximum Gasteiger partial charge on any atom is 0.346 e. The Morgan fingerprint density at radius 2 is 1.82 bits per heavy atom. The largest absolute Gasteiger partial charge is 0.479 e. The average Bonchev–Trinajstić information content (AvgIpc) is 2.25. The normalized spacial score (nSPS) is 14.9. The Labute approximate surface area is 98.0 Å². The van der Waals surface area contributed by atoms with Gasteiger partial charge in [0.1, 0.15) is 0 Å². The van der Waals surface area contributed by atoms with E-state index >= 15 is 0 Å². The monoisotopic (exact) mass is 244 g/mol. The smallest absolute Gasteiger partial charge is 0.346 e. The minimum atomic E-state index is -3.14. The van der Waals surface area contributed by atoms with Crippen LogP contribution in [0, 0.1) is 5.92 Å². The number of hydrogen-bond acceptors (Lipinski definition) is 2. The van der Waals surface area contributed by atoms with Crippen molar-refractivity contribution in [3.8, 4) is 0 Å². The highest BCUT2D eigenvalue weighted by atomic mass is 19.3. The second kappa shape index (κ2) is 5.23. The van der Waals surface area contributed by atoms with Crippen LogP contribution in [0.3, 0.4) is 0 Å². The number of hydrogen-bond donors (Lipinski definition) is 1. The Morgan fingerprint density at radius 1 is 1.29 bits per heavy atom. The fourth-order valence-corrected chi connectivity index (χ4v) is 1.78. The average molecular weight is 244 g/mol. The van der Waals surface area contributed by atoms with Gasteiger partial charge >= 0.3 is 12.6 Å². The Hall–Kier alpha value is -1.49. The number of carboxylic acid groups (broad SMARTS) is 1. The van der Waals surface area contributed by atoms with Crippen molar-refractivity contribution in [2.75, 3.05) is 0 Å². The second-order valence-corrected chi connectivity index (χ2v) is 3.94. The summed E-state index contributed by atoms with van der Waals surface area (Å²) in [7, 11) is 0. The van der Waals surface area contributed by atoms with Crippen molar-refractivity contribution in [1.82, 2.24) is 0 Å². The van der Waals surface area contributed by atoms with Crippen LogP contribution in [0.4, 0.5) is 8.78 Å². The van der Waals surface area contributed by atoms with Crippen molar-refractivity contribution in [2.24, 2.45) is 5.92 Å². The van der Waals surface area contributed by atoms with Crippen molar-refractivity contribution in [3.05, 3.63) is 35.9 Å². The van der Waals surface area contributed by atoms with E-state index in [2.05, 4.69) is 4.74 Å². The molecule has 1 aromatic rings. The van der Waals surface area contributed by atoms with E-state index in [1.165, 1.54) is 26.0 Å². The zero-order valence-corrected chi connectivity index (χ0v) is 9.56. The van der Waals surface area contributed by atoms with Gasteiger partial charge in [-0.1, -0.05) is 44.2 Å². The maximum atomic E-state index is 12.5. The lowest BCUT2D eigenvalue weighted by Gasteiger charge is -2.33. The van der Waals surface area contributed by atoms with Crippen LogP contribution in [-0.4, -0.2) is 17.7 Å².